The molecule has 0 spiro atoms. The van der Waals surface area contributed by atoms with Gasteiger partial charge in [0.25, 0.3) is 0 Å². The second-order valence-electron chi connectivity index (χ2n) is 5.53. The molecule has 2 N–H and O–H groups in total. The number of benzene rings is 1. The fourth-order valence-corrected chi connectivity index (χ4v) is 2.58. The normalized spacial score (nSPS) is 11.9. The lowest BCUT2D eigenvalue weighted by Gasteiger charge is -2.15. The first-order valence-corrected chi connectivity index (χ1v) is 8.22. The minimum absolute atomic E-state index is 0.338. The summed E-state index contributed by atoms with van der Waals surface area (Å²) in [4.78, 5) is 18.7. The molecule has 124 valence electrons. The number of carbonyl (C=O) groups excluding carboxylic acids is 1. The number of aromatic nitrogens is 2. The number of nitrogens with one attached hydrogen (secondary N) is 2. The first-order chi connectivity index (χ1) is 11.3. The predicted molar refractivity (Wildman–Crippen MR) is 90.4 cm³/mol. The fraction of sp³-hybridized carbons (Fsp3) is 0.444. The van der Waals surface area contributed by atoms with Crippen LogP contribution in [0.15, 0.2) is 42.9 Å². The van der Waals surface area contributed by atoms with E-state index in [1.807, 2.05) is 12.3 Å². The number of hydrogen-bond donors (Lipinski definition) is 2. The van der Waals surface area contributed by atoms with Gasteiger partial charge in [0.05, 0.1) is 18.6 Å². The third-order valence-electron chi connectivity index (χ3n) is 3.89. The summed E-state index contributed by atoms with van der Waals surface area (Å²) >= 11 is 0. The monoisotopic (exact) mass is 315 g/mol. The van der Waals surface area contributed by atoms with Gasteiger partial charge in [-0.2, -0.15) is 0 Å². The van der Waals surface area contributed by atoms with Crippen LogP contribution in [0.3, 0.4) is 0 Å². The first-order valence-electron chi connectivity index (χ1n) is 8.22. The largest absolute Gasteiger partial charge is 0.450 e. The smallest absolute Gasteiger partial charge is 0.407 e. The minimum Gasteiger partial charge on any atom is -0.450 e. The Labute approximate surface area is 137 Å². The van der Waals surface area contributed by atoms with E-state index in [0.717, 1.165) is 31.4 Å². The van der Waals surface area contributed by atoms with E-state index in [1.54, 1.807) is 6.33 Å². The number of nitrogens with zero attached hydrogens (tertiary/aromatic N) is 1. The van der Waals surface area contributed by atoms with Gasteiger partial charge >= 0.3 is 6.09 Å². The Kier molecular flexibility index (Phi) is 7.17. The van der Waals surface area contributed by atoms with Crippen molar-refractivity contribution < 1.29 is 9.53 Å². The zero-order chi connectivity index (χ0) is 16.3. The summed E-state index contributed by atoms with van der Waals surface area (Å²) in [7, 11) is 0. The van der Waals surface area contributed by atoms with Crippen molar-refractivity contribution in [3.05, 3.63) is 54.1 Å². The number of amides is 1. The van der Waals surface area contributed by atoms with Gasteiger partial charge in [-0.3, -0.25) is 0 Å². The number of hydrogen-bond acceptors (Lipinski definition) is 3. The van der Waals surface area contributed by atoms with Gasteiger partial charge in [0, 0.05) is 12.7 Å². The van der Waals surface area contributed by atoms with E-state index in [4.69, 9.17) is 4.74 Å². The van der Waals surface area contributed by atoms with Crippen LogP contribution in [-0.2, 0) is 11.2 Å². The molecule has 23 heavy (non-hydrogen) atoms. The van der Waals surface area contributed by atoms with Gasteiger partial charge in [-0.1, -0.05) is 37.3 Å². The zero-order valence-electron chi connectivity index (χ0n) is 13.6. The lowest BCUT2D eigenvalue weighted by atomic mass is 9.93. The van der Waals surface area contributed by atoms with Crippen LogP contribution in [0.1, 0.15) is 43.4 Å². The van der Waals surface area contributed by atoms with Crippen LogP contribution in [0.25, 0.3) is 0 Å². The molecule has 2 rings (SSSR count). The summed E-state index contributed by atoms with van der Waals surface area (Å²) in [6.45, 7) is 3.21. The maximum absolute atomic E-state index is 11.7. The van der Waals surface area contributed by atoms with Gasteiger partial charge in [-0.15, -0.1) is 0 Å². The molecule has 1 aromatic heterocycles. The SMILES string of the molecule is CCC(CCNC(=O)OCCCc1c[nH]cn1)c1ccccc1. The number of carbonyl (C=O) groups is 1. The molecule has 1 heterocycles. The number of H-pyrrole nitrogens is 1. The highest BCUT2D eigenvalue weighted by atomic mass is 16.5. The number of aromatic amines is 1. The predicted octanol–water partition coefficient (Wildman–Crippen LogP) is 3.65. The molecule has 0 saturated heterocycles. The quantitative estimate of drug-likeness (QED) is 0.694. The van der Waals surface area contributed by atoms with Crippen molar-refractivity contribution in [1.29, 1.82) is 0 Å². The second kappa shape index (κ2) is 9.66. The standard InChI is InChI=1S/C18H25N3O2/c1-2-15(16-7-4-3-5-8-16)10-11-20-18(22)23-12-6-9-17-13-19-14-21-17/h3-5,7-8,13-15H,2,6,9-12H2,1H3,(H,19,21)(H,20,22). The van der Waals surface area contributed by atoms with E-state index in [9.17, 15) is 4.79 Å². The van der Waals surface area contributed by atoms with Crippen LogP contribution in [0.2, 0.25) is 0 Å². The van der Waals surface area contributed by atoms with Gasteiger partial charge in [0.1, 0.15) is 0 Å². The van der Waals surface area contributed by atoms with E-state index in [-0.39, 0.29) is 6.09 Å². The van der Waals surface area contributed by atoms with Gasteiger partial charge in [-0.25, -0.2) is 9.78 Å². The van der Waals surface area contributed by atoms with Crippen molar-refractivity contribution in [3.8, 4) is 0 Å². The number of ether oxygens (including phenoxy) is 1. The molecule has 1 unspecified atom stereocenters. The highest BCUT2D eigenvalue weighted by Gasteiger charge is 2.09. The number of aryl methyl sites for hydroxylation is 1. The highest BCUT2D eigenvalue weighted by Crippen LogP contribution is 2.22. The van der Waals surface area contributed by atoms with Gasteiger partial charge < -0.3 is 15.0 Å². The highest BCUT2D eigenvalue weighted by molar-refractivity contribution is 5.67. The maximum Gasteiger partial charge on any atom is 0.407 e. The molecule has 0 aliphatic heterocycles. The van der Waals surface area contributed by atoms with Crippen molar-refractivity contribution in [2.45, 2.75) is 38.5 Å². The van der Waals surface area contributed by atoms with Crippen molar-refractivity contribution >= 4 is 6.09 Å². The molecule has 0 aliphatic rings. The molecule has 0 saturated carbocycles. The Bertz CT molecular complexity index is 555. The third-order valence-corrected chi connectivity index (χ3v) is 3.89. The van der Waals surface area contributed by atoms with E-state index in [1.165, 1.54) is 5.56 Å². The van der Waals surface area contributed by atoms with Crippen LogP contribution < -0.4 is 5.32 Å². The average molecular weight is 315 g/mol. The maximum atomic E-state index is 11.7. The molecule has 0 aliphatic carbocycles. The van der Waals surface area contributed by atoms with E-state index < -0.39 is 0 Å². The Morgan fingerprint density at radius 3 is 2.87 bits per heavy atom. The lowest BCUT2D eigenvalue weighted by Crippen LogP contribution is -2.26. The zero-order valence-corrected chi connectivity index (χ0v) is 13.6. The second-order valence-corrected chi connectivity index (χ2v) is 5.53. The topological polar surface area (TPSA) is 67.0 Å². The van der Waals surface area contributed by atoms with Crippen LogP contribution in [0.4, 0.5) is 4.79 Å². The van der Waals surface area contributed by atoms with Crippen LogP contribution in [0, 0.1) is 0 Å². The molecular formula is C18H25N3O2. The molecule has 1 atom stereocenters. The van der Waals surface area contributed by atoms with Crippen molar-refractivity contribution in [1.82, 2.24) is 15.3 Å². The Hall–Kier alpha value is -2.30. The Morgan fingerprint density at radius 1 is 1.35 bits per heavy atom. The molecule has 5 heteroatoms. The average Bonchev–Trinajstić information content (AvgIpc) is 3.10. The number of imidazole rings is 1. The van der Waals surface area contributed by atoms with Gasteiger partial charge in [0.15, 0.2) is 0 Å². The first kappa shape index (κ1) is 17.1. The van der Waals surface area contributed by atoms with Gasteiger partial charge in [0.2, 0.25) is 0 Å². The van der Waals surface area contributed by atoms with Crippen molar-refractivity contribution in [2.75, 3.05) is 13.2 Å². The summed E-state index contributed by atoms with van der Waals surface area (Å²) < 4.78 is 5.17. The fourth-order valence-electron chi connectivity index (χ4n) is 2.58. The summed E-state index contributed by atoms with van der Waals surface area (Å²) in [5, 5.41) is 2.83. The minimum atomic E-state index is -0.338. The van der Waals surface area contributed by atoms with E-state index in [2.05, 4.69) is 46.5 Å². The van der Waals surface area contributed by atoms with Crippen molar-refractivity contribution in [3.63, 3.8) is 0 Å². The summed E-state index contributed by atoms with van der Waals surface area (Å²) in [5.41, 5.74) is 2.31. The van der Waals surface area contributed by atoms with E-state index >= 15 is 0 Å². The third kappa shape index (κ3) is 6.14. The Balaban J connectivity index is 1.58. The van der Waals surface area contributed by atoms with Crippen LogP contribution in [0.5, 0.6) is 0 Å². The summed E-state index contributed by atoms with van der Waals surface area (Å²) in [6, 6.07) is 10.4. The summed E-state index contributed by atoms with van der Waals surface area (Å²) in [6.07, 6.45) is 6.74. The Morgan fingerprint density at radius 2 is 2.17 bits per heavy atom. The molecule has 0 bridgehead atoms. The van der Waals surface area contributed by atoms with Gasteiger partial charge in [-0.05, 0) is 37.2 Å². The van der Waals surface area contributed by atoms with Crippen LogP contribution >= 0.6 is 0 Å². The molecule has 2 aromatic rings. The lowest BCUT2D eigenvalue weighted by molar-refractivity contribution is 0.144. The molecule has 0 fully saturated rings. The molecule has 1 aromatic carbocycles. The summed E-state index contributed by atoms with van der Waals surface area (Å²) in [5.74, 6) is 0.469. The molecule has 5 nitrogen and oxygen atoms in total. The van der Waals surface area contributed by atoms with E-state index in [0.29, 0.717) is 19.1 Å². The van der Waals surface area contributed by atoms with Crippen molar-refractivity contribution in [2.24, 2.45) is 0 Å². The molecular weight excluding hydrogens is 290 g/mol. The molecule has 0 radical (unpaired) electrons. The van der Waals surface area contributed by atoms with Crippen LogP contribution in [-0.4, -0.2) is 29.2 Å². The molecule has 1 amide bonds. The number of rotatable bonds is 9. The number of alkyl carbamates (subject to hydrolysis) is 1.